The normalized spacial score (nSPS) is 11.3. The quantitative estimate of drug-likeness (QED) is 0.356. The van der Waals surface area contributed by atoms with Gasteiger partial charge >= 0.3 is 0 Å². The molecule has 3 aromatic heterocycles. The van der Waals surface area contributed by atoms with Gasteiger partial charge < -0.3 is 16.0 Å². The smallest absolute Gasteiger partial charge is 0.266 e. The minimum Gasteiger partial charge on any atom is -0.368 e. The van der Waals surface area contributed by atoms with Gasteiger partial charge in [0.2, 0.25) is 5.95 Å². The van der Waals surface area contributed by atoms with E-state index >= 15 is 0 Å². The number of fused-ring (bicyclic) bond motifs is 2. The molecule has 0 spiro atoms. The molecule has 5 rings (SSSR count). The first kappa shape index (κ1) is 19.7. The van der Waals surface area contributed by atoms with Crippen molar-refractivity contribution in [1.29, 1.82) is 0 Å². The fraction of sp³-hybridized carbons (Fsp3) is 0.174. The average molecular weight is 426 g/mol. The van der Waals surface area contributed by atoms with Crippen molar-refractivity contribution >= 4 is 33.8 Å². The van der Waals surface area contributed by atoms with Gasteiger partial charge in [0.15, 0.2) is 11.5 Å². The summed E-state index contributed by atoms with van der Waals surface area (Å²) in [6.45, 7) is 2.54. The fourth-order valence-corrected chi connectivity index (χ4v) is 3.88. The Balaban J connectivity index is 1.45. The van der Waals surface area contributed by atoms with Gasteiger partial charge in [-0.2, -0.15) is 9.97 Å². The molecule has 0 saturated heterocycles. The van der Waals surface area contributed by atoms with E-state index in [1.807, 2.05) is 55.5 Å². The van der Waals surface area contributed by atoms with Crippen LogP contribution in [0.1, 0.15) is 17.8 Å². The first-order chi connectivity index (χ1) is 15.6. The summed E-state index contributed by atoms with van der Waals surface area (Å²) in [5.41, 5.74) is 9.40. The third-order valence-corrected chi connectivity index (χ3v) is 5.36. The predicted molar refractivity (Wildman–Crippen MR) is 125 cm³/mol. The number of nitrogens with one attached hydrogen (secondary N) is 2. The van der Waals surface area contributed by atoms with Crippen molar-refractivity contribution < 1.29 is 0 Å². The van der Waals surface area contributed by atoms with E-state index < -0.39 is 0 Å². The highest BCUT2D eigenvalue weighted by atomic mass is 16.1. The molecule has 0 aliphatic rings. The molecule has 2 aromatic carbocycles. The number of para-hydroxylation sites is 1. The minimum atomic E-state index is -0.0518. The fourth-order valence-electron chi connectivity index (χ4n) is 3.88. The number of rotatable bonds is 6. The van der Waals surface area contributed by atoms with Crippen molar-refractivity contribution in [2.75, 3.05) is 17.6 Å². The second kappa shape index (κ2) is 8.10. The Morgan fingerprint density at radius 3 is 2.75 bits per heavy atom. The van der Waals surface area contributed by atoms with Crippen LogP contribution in [-0.2, 0) is 6.42 Å². The molecule has 9 nitrogen and oxygen atoms in total. The van der Waals surface area contributed by atoms with Gasteiger partial charge in [-0.1, -0.05) is 30.3 Å². The summed E-state index contributed by atoms with van der Waals surface area (Å²) in [7, 11) is 0. The summed E-state index contributed by atoms with van der Waals surface area (Å²) < 4.78 is 1.71. The van der Waals surface area contributed by atoms with Crippen LogP contribution in [0.25, 0.3) is 27.8 Å². The van der Waals surface area contributed by atoms with Crippen LogP contribution >= 0.6 is 0 Å². The largest absolute Gasteiger partial charge is 0.368 e. The lowest BCUT2D eigenvalue weighted by Gasteiger charge is -2.15. The number of nitrogens with zero attached hydrogens (tertiary/aromatic N) is 5. The van der Waals surface area contributed by atoms with Crippen molar-refractivity contribution in [2.24, 2.45) is 0 Å². The molecule has 160 valence electrons. The molecule has 0 saturated carbocycles. The summed E-state index contributed by atoms with van der Waals surface area (Å²) >= 11 is 0. The molecule has 5 aromatic rings. The number of aryl methyl sites for hydroxylation is 2. The van der Waals surface area contributed by atoms with Crippen LogP contribution in [0.5, 0.6) is 0 Å². The highest BCUT2D eigenvalue weighted by Crippen LogP contribution is 2.19. The van der Waals surface area contributed by atoms with Gasteiger partial charge in [0.05, 0.1) is 22.9 Å². The molecule has 32 heavy (non-hydrogen) atoms. The lowest BCUT2D eigenvalue weighted by Crippen LogP contribution is -2.25. The number of nitrogen functional groups attached to an aromatic ring is 1. The minimum absolute atomic E-state index is 0.0518. The number of H-pyrrole nitrogens is 1. The summed E-state index contributed by atoms with van der Waals surface area (Å²) in [5.74, 6) is 1.47. The molecule has 0 fully saturated rings. The number of benzene rings is 2. The first-order valence-corrected chi connectivity index (χ1v) is 10.4. The maximum atomic E-state index is 13.4. The molecule has 0 bridgehead atoms. The van der Waals surface area contributed by atoms with Crippen molar-refractivity contribution in [2.45, 2.75) is 19.8 Å². The van der Waals surface area contributed by atoms with Gasteiger partial charge in [0.1, 0.15) is 11.3 Å². The van der Waals surface area contributed by atoms with E-state index in [1.165, 1.54) is 0 Å². The zero-order valence-corrected chi connectivity index (χ0v) is 17.5. The molecular formula is C23H22N8O. The molecule has 0 atom stereocenters. The van der Waals surface area contributed by atoms with Crippen molar-refractivity contribution in [3.63, 3.8) is 0 Å². The van der Waals surface area contributed by atoms with E-state index in [0.717, 1.165) is 17.7 Å². The zero-order valence-electron chi connectivity index (χ0n) is 17.5. The van der Waals surface area contributed by atoms with E-state index in [-0.39, 0.29) is 11.5 Å². The Morgan fingerprint density at radius 1 is 1.06 bits per heavy atom. The van der Waals surface area contributed by atoms with Crippen LogP contribution in [0.2, 0.25) is 0 Å². The molecule has 0 radical (unpaired) electrons. The molecule has 4 N–H and O–H groups in total. The van der Waals surface area contributed by atoms with Crippen LogP contribution in [0.4, 0.5) is 11.8 Å². The maximum absolute atomic E-state index is 13.4. The average Bonchev–Trinajstić information content (AvgIpc) is 3.26. The third-order valence-electron chi connectivity index (χ3n) is 5.36. The van der Waals surface area contributed by atoms with E-state index in [2.05, 4.69) is 25.3 Å². The van der Waals surface area contributed by atoms with Gasteiger partial charge in [-0.3, -0.25) is 9.36 Å². The number of anilines is 2. The Morgan fingerprint density at radius 2 is 1.91 bits per heavy atom. The third kappa shape index (κ3) is 3.53. The summed E-state index contributed by atoms with van der Waals surface area (Å²) in [6.07, 6.45) is 2.89. The number of hydrogen-bond donors (Lipinski definition) is 3. The molecule has 3 heterocycles. The Kier molecular flexibility index (Phi) is 4.98. The molecule has 0 aliphatic carbocycles. The van der Waals surface area contributed by atoms with Gasteiger partial charge in [0.25, 0.3) is 5.56 Å². The predicted octanol–water partition coefficient (Wildman–Crippen LogP) is 2.99. The van der Waals surface area contributed by atoms with Gasteiger partial charge in [0, 0.05) is 13.0 Å². The van der Waals surface area contributed by atoms with Crippen LogP contribution in [0, 0.1) is 6.92 Å². The van der Waals surface area contributed by atoms with E-state index in [4.69, 9.17) is 10.7 Å². The molecule has 0 amide bonds. The van der Waals surface area contributed by atoms with Crippen LogP contribution in [0.15, 0.2) is 59.7 Å². The summed E-state index contributed by atoms with van der Waals surface area (Å²) in [6, 6.07) is 15.4. The standard InChI is InChI=1S/C23H22N8O/c1-14-7-5-10-16-18(14)22(32)31(15-8-3-2-4-9-15)17(28-16)11-6-12-25-20-19-21(27-13-26-19)30-23(24)29-20/h2-5,7-10,13H,6,11-12H2,1H3,(H4,24,25,26,27,29,30). The molecule has 9 heteroatoms. The highest BCUT2D eigenvalue weighted by molar-refractivity contribution is 5.83. The number of aromatic amines is 1. The van der Waals surface area contributed by atoms with Crippen molar-refractivity contribution in [3.8, 4) is 5.69 Å². The van der Waals surface area contributed by atoms with Gasteiger partial charge in [-0.15, -0.1) is 0 Å². The lowest BCUT2D eigenvalue weighted by atomic mass is 10.1. The Bertz CT molecular complexity index is 1470. The highest BCUT2D eigenvalue weighted by Gasteiger charge is 2.14. The SMILES string of the molecule is Cc1cccc2nc(CCCNc3nc(N)nc4[nH]cnc34)n(-c3ccccc3)c(=O)c12. The van der Waals surface area contributed by atoms with Gasteiger partial charge in [-0.05, 0) is 37.1 Å². The van der Waals surface area contributed by atoms with Crippen molar-refractivity contribution in [3.05, 3.63) is 76.6 Å². The number of imidazole rings is 1. The van der Waals surface area contributed by atoms with Crippen LogP contribution in [-0.4, -0.2) is 36.0 Å². The van der Waals surface area contributed by atoms with Crippen molar-refractivity contribution in [1.82, 2.24) is 29.5 Å². The second-order valence-electron chi connectivity index (χ2n) is 7.53. The van der Waals surface area contributed by atoms with Gasteiger partial charge in [-0.25, -0.2) is 9.97 Å². The first-order valence-electron chi connectivity index (χ1n) is 10.4. The Hall–Kier alpha value is -4.27. The van der Waals surface area contributed by atoms with Crippen LogP contribution < -0.4 is 16.6 Å². The van der Waals surface area contributed by atoms with E-state index in [1.54, 1.807) is 10.9 Å². The lowest BCUT2D eigenvalue weighted by molar-refractivity contribution is 0.753. The molecule has 0 unspecified atom stereocenters. The topological polar surface area (TPSA) is 127 Å². The molecule has 0 aliphatic heterocycles. The maximum Gasteiger partial charge on any atom is 0.266 e. The monoisotopic (exact) mass is 426 g/mol. The van der Waals surface area contributed by atoms with E-state index in [9.17, 15) is 4.79 Å². The molecular weight excluding hydrogens is 404 g/mol. The van der Waals surface area contributed by atoms with E-state index in [0.29, 0.717) is 46.7 Å². The number of nitrogens with two attached hydrogens (primary N) is 1. The number of aromatic nitrogens is 6. The number of hydrogen-bond acceptors (Lipinski definition) is 7. The Labute approximate surface area is 183 Å². The second-order valence-corrected chi connectivity index (χ2v) is 7.53. The zero-order chi connectivity index (χ0) is 22.1. The summed E-state index contributed by atoms with van der Waals surface area (Å²) in [5, 5.41) is 3.92. The summed E-state index contributed by atoms with van der Waals surface area (Å²) in [4.78, 5) is 33.9. The van der Waals surface area contributed by atoms with Crippen LogP contribution in [0.3, 0.4) is 0 Å².